The van der Waals surface area contributed by atoms with Gasteiger partial charge in [-0.15, -0.1) is 0 Å². The molecule has 0 saturated carbocycles. The van der Waals surface area contributed by atoms with Gasteiger partial charge >= 0.3 is 0 Å². The lowest BCUT2D eigenvalue weighted by Gasteiger charge is -2.13. The van der Waals surface area contributed by atoms with Crippen LogP contribution in [-0.2, 0) is 4.79 Å². The summed E-state index contributed by atoms with van der Waals surface area (Å²) in [5.41, 5.74) is 6.99. The lowest BCUT2D eigenvalue weighted by Crippen LogP contribution is -2.16. The smallest absolute Gasteiger partial charge is 0.222 e. The number of nitrogens with zero attached hydrogens (tertiary/aromatic N) is 2. The van der Waals surface area contributed by atoms with Crippen LogP contribution in [0.3, 0.4) is 0 Å². The van der Waals surface area contributed by atoms with Gasteiger partial charge in [0.1, 0.15) is 0 Å². The Morgan fingerprint density at radius 1 is 1.58 bits per heavy atom. The third-order valence-corrected chi connectivity index (χ3v) is 3.31. The molecule has 7 heteroatoms. The maximum Gasteiger partial charge on any atom is 0.222 e. The molecule has 1 aliphatic heterocycles. The second-order valence-corrected chi connectivity index (χ2v) is 4.48. The van der Waals surface area contributed by atoms with E-state index in [1.54, 1.807) is 10.6 Å². The van der Waals surface area contributed by atoms with E-state index in [2.05, 4.69) is 10.3 Å². The molecule has 2 aromatic rings. The van der Waals surface area contributed by atoms with Crippen molar-refractivity contribution in [3.05, 3.63) is 17.9 Å². The monoisotopic (exact) mass is 264 g/mol. The Hall–Kier alpha value is -2.31. The summed E-state index contributed by atoms with van der Waals surface area (Å²) < 4.78 is 20.3. The Morgan fingerprint density at radius 2 is 2.37 bits per heavy atom. The summed E-state index contributed by atoms with van der Waals surface area (Å²) in [5, 5.41) is 2.74. The first-order chi connectivity index (χ1) is 9.10. The van der Waals surface area contributed by atoms with E-state index >= 15 is 0 Å². The zero-order valence-electron chi connectivity index (χ0n) is 10.3. The summed E-state index contributed by atoms with van der Waals surface area (Å²) in [5.74, 6) is -0.115. The predicted molar refractivity (Wildman–Crippen MR) is 67.3 cm³/mol. The highest BCUT2D eigenvalue weighted by Crippen LogP contribution is 2.30. The molecule has 3 rings (SSSR count). The third-order valence-electron chi connectivity index (χ3n) is 3.31. The molecule has 6 nitrogen and oxygen atoms in total. The van der Waals surface area contributed by atoms with Crippen molar-refractivity contribution in [2.75, 3.05) is 19.4 Å². The molecule has 0 radical (unpaired) electrons. The highest BCUT2D eigenvalue weighted by atomic mass is 19.1. The van der Waals surface area contributed by atoms with Crippen LogP contribution in [0.1, 0.15) is 12.5 Å². The molecular formula is C12H13FN4O2. The van der Waals surface area contributed by atoms with Gasteiger partial charge in [0.15, 0.2) is 11.6 Å². The summed E-state index contributed by atoms with van der Waals surface area (Å²) in [6.07, 6.45) is 0.343. The van der Waals surface area contributed by atoms with E-state index in [0.717, 1.165) is 0 Å². The van der Waals surface area contributed by atoms with Crippen molar-refractivity contribution in [2.45, 2.75) is 12.5 Å². The number of rotatable bonds is 2. The lowest BCUT2D eigenvalue weighted by atomic mass is 10.2. The van der Waals surface area contributed by atoms with Gasteiger partial charge in [-0.2, -0.15) is 0 Å². The molecule has 1 aromatic heterocycles. The summed E-state index contributed by atoms with van der Waals surface area (Å²) in [6.45, 7) is 0.494. The first-order valence-electron chi connectivity index (χ1n) is 5.88. The summed E-state index contributed by atoms with van der Waals surface area (Å²) in [4.78, 5) is 15.4. The molecule has 3 N–H and O–H groups in total. The van der Waals surface area contributed by atoms with E-state index in [-0.39, 0.29) is 23.6 Å². The standard InChI is InChI=1S/C12H13FN4O2/c1-19-10-4-9-8(3-7(10)13)16-12(14)17(9)6-2-11(18)15-5-6/h3-4,6H,2,5H2,1H3,(H2,14,16)(H,15,18). The number of nitrogen functional groups attached to an aromatic ring is 1. The van der Waals surface area contributed by atoms with Crippen LogP contribution in [0, 0.1) is 5.82 Å². The highest BCUT2D eigenvalue weighted by molar-refractivity contribution is 5.82. The topological polar surface area (TPSA) is 82.2 Å². The Kier molecular flexibility index (Phi) is 2.55. The average molecular weight is 264 g/mol. The van der Waals surface area contributed by atoms with Crippen molar-refractivity contribution in [1.29, 1.82) is 0 Å². The zero-order valence-corrected chi connectivity index (χ0v) is 10.3. The van der Waals surface area contributed by atoms with Crippen LogP contribution in [-0.4, -0.2) is 29.1 Å². The van der Waals surface area contributed by atoms with Crippen LogP contribution >= 0.6 is 0 Å². The number of hydrogen-bond acceptors (Lipinski definition) is 4. The molecular weight excluding hydrogens is 251 g/mol. The van der Waals surface area contributed by atoms with Gasteiger partial charge < -0.3 is 20.4 Å². The molecule has 100 valence electrons. The molecule has 0 bridgehead atoms. The number of ether oxygens (including phenoxy) is 1. The van der Waals surface area contributed by atoms with E-state index in [1.807, 2.05) is 0 Å². The number of amides is 1. The maximum atomic E-state index is 13.6. The van der Waals surface area contributed by atoms with Gasteiger partial charge in [-0.1, -0.05) is 0 Å². The van der Waals surface area contributed by atoms with E-state index in [1.165, 1.54) is 13.2 Å². The molecule has 1 amide bonds. The second-order valence-electron chi connectivity index (χ2n) is 4.48. The van der Waals surface area contributed by atoms with Gasteiger partial charge in [0.2, 0.25) is 11.9 Å². The minimum atomic E-state index is -0.486. The van der Waals surface area contributed by atoms with Crippen LogP contribution in [0.5, 0.6) is 5.75 Å². The van der Waals surface area contributed by atoms with Crippen LogP contribution in [0.15, 0.2) is 12.1 Å². The molecule has 1 fully saturated rings. The molecule has 1 aromatic carbocycles. The Bertz CT molecular complexity index is 667. The third kappa shape index (κ3) is 1.78. The molecule has 1 unspecified atom stereocenters. The fourth-order valence-electron chi connectivity index (χ4n) is 2.43. The summed E-state index contributed by atoms with van der Waals surface area (Å²) in [7, 11) is 1.40. The highest BCUT2D eigenvalue weighted by Gasteiger charge is 2.26. The molecule has 1 atom stereocenters. The molecule has 19 heavy (non-hydrogen) atoms. The largest absolute Gasteiger partial charge is 0.494 e. The summed E-state index contributed by atoms with van der Waals surface area (Å²) >= 11 is 0. The Morgan fingerprint density at radius 3 is 3.00 bits per heavy atom. The number of hydrogen-bond donors (Lipinski definition) is 2. The number of halogens is 1. The van der Waals surface area contributed by atoms with Crippen molar-refractivity contribution in [1.82, 2.24) is 14.9 Å². The number of nitrogens with one attached hydrogen (secondary N) is 1. The van der Waals surface area contributed by atoms with Gasteiger partial charge in [0.05, 0.1) is 24.2 Å². The minimum Gasteiger partial charge on any atom is -0.494 e. The fraction of sp³-hybridized carbons (Fsp3) is 0.333. The normalized spacial score (nSPS) is 18.8. The van der Waals surface area contributed by atoms with Crippen molar-refractivity contribution in [3.8, 4) is 5.75 Å². The van der Waals surface area contributed by atoms with Crippen LogP contribution in [0.4, 0.5) is 10.3 Å². The number of nitrogens with two attached hydrogens (primary N) is 1. The Labute approximate surface area is 108 Å². The van der Waals surface area contributed by atoms with Gasteiger partial charge in [-0.25, -0.2) is 9.37 Å². The average Bonchev–Trinajstić information content (AvgIpc) is 2.90. The Balaban J connectivity index is 2.18. The number of carbonyl (C=O) groups is 1. The number of imidazole rings is 1. The lowest BCUT2D eigenvalue weighted by molar-refractivity contribution is -0.119. The fourth-order valence-corrected chi connectivity index (χ4v) is 2.43. The van der Waals surface area contributed by atoms with Gasteiger partial charge in [-0.05, 0) is 0 Å². The van der Waals surface area contributed by atoms with Crippen molar-refractivity contribution in [3.63, 3.8) is 0 Å². The van der Waals surface area contributed by atoms with E-state index in [4.69, 9.17) is 10.5 Å². The molecule has 2 heterocycles. The predicted octanol–water partition coefficient (Wildman–Crippen LogP) is 0.827. The van der Waals surface area contributed by atoms with Gasteiger partial charge in [-0.3, -0.25) is 4.79 Å². The summed E-state index contributed by atoms with van der Waals surface area (Å²) in [6, 6.07) is 2.73. The second kappa shape index (κ2) is 4.11. The van der Waals surface area contributed by atoms with Crippen molar-refractivity contribution >= 4 is 22.9 Å². The van der Waals surface area contributed by atoms with E-state index < -0.39 is 5.82 Å². The van der Waals surface area contributed by atoms with Crippen molar-refractivity contribution in [2.24, 2.45) is 0 Å². The molecule has 1 saturated heterocycles. The first kappa shape index (κ1) is 11.8. The SMILES string of the molecule is COc1cc2c(cc1F)nc(N)n2C1CNC(=O)C1. The maximum absolute atomic E-state index is 13.6. The molecule has 0 spiro atoms. The quantitative estimate of drug-likeness (QED) is 0.841. The first-order valence-corrected chi connectivity index (χ1v) is 5.88. The van der Waals surface area contributed by atoms with Crippen LogP contribution in [0.25, 0.3) is 11.0 Å². The van der Waals surface area contributed by atoms with Gasteiger partial charge in [0.25, 0.3) is 0 Å². The molecule has 0 aliphatic carbocycles. The number of benzene rings is 1. The number of carbonyl (C=O) groups excluding carboxylic acids is 1. The van der Waals surface area contributed by atoms with Crippen LogP contribution < -0.4 is 15.8 Å². The number of methoxy groups -OCH3 is 1. The van der Waals surface area contributed by atoms with Gasteiger partial charge in [0, 0.05) is 25.1 Å². The van der Waals surface area contributed by atoms with Crippen molar-refractivity contribution < 1.29 is 13.9 Å². The van der Waals surface area contributed by atoms with E-state index in [9.17, 15) is 9.18 Å². The number of aromatic nitrogens is 2. The molecule has 1 aliphatic rings. The van der Waals surface area contributed by atoms with E-state index in [0.29, 0.717) is 24.0 Å². The number of anilines is 1. The zero-order chi connectivity index (χ0) is 13.6. The van der Waals surface area contributed by atoms with Crippen LogP contribution in [0.2, 0.25) is 0 Å². The number of fused-ring (bicyclic) bond motifs is 1. The minimum absolute atomic E-state index is 0.0275.